The summed E-state index contributed by atoms with van der Waals surface area (Å²) >= 11 is 1.89. The van der Waals surface area contributed by atoms with Gasteiger partial charge in [0.25, 0.3) is 0 Å². The van der Waals surface area contributed by atoms with Crippen molar-refractivity contribution in [2.45, 2.75) is 173 Å². The highest BCUT2D eigenvalue weighted by Crippen LogP contribution is 2.29. The molecule has 1 heterocycles. The van der Waals surface area contributed by atoms with Gasteiger partial charge in [0.15, 0.2) is 11.0 Å². The largest absolute Gasteiger partial charge is 0.508 e. The van der Waals surface area contributed by atoms with E-state index < -0.39 is 0 Å². The van der Waals surface area contributed by atoms with Crippen LogP contribution in [0.1, 0.15) is 156 Å². The van der Waals surface area contributed by atoms with Crippen molar-refractivity contribution in [1.29, 1.82) is 0 Å². The number of aromatic nitrogens is 3. The standard InChI is InChI=1S/C34H59N3OS/c1-4-6-8-10-12-14-15-16-17-19-21-23-29-37-34(35-33(36-37)31-25-27-32(38)28-26-31)39-30(3)24-22-20-18-13-11-9-7-5-2/h25-28,30,38H,4-24,29H2,1-3H3. The third-order valence-electron chi connectivity index (χ3n) is 7.76. The first-order valence-electron chi connectivity index (χ1n) is 16.5. The van der Waals surface area contributed by atoms with Crippen LogP contribution in [0.25, 0.3) is 11.4 Å². The second-order valence-corrected chi connectivity index (χ2v) is 13.0. The molecule has 0 aliphatic heterocycles. The number of thioether (sulfide) groups is 1. The highest BCUT2D eigenvalue weighted by Gasteiger charge is 2.15. The van der Waals surface area contributed by atoms with Crippen LogP contribution < -0.4 is 0 Å². The van der Waals surface area contributed by atoms with Gasteiger partial charge in [0, 0.05) is 17.4 Å². The monoisotopic (exact) mass is 557 g/mol. The predicted molar refractivity (Wildman–Crippen MR) is 171 cm³/mol. The molecule has 1 atom stereocenters. The topological polar surface area (TPSA) is 50.9 Å². The fraction of sp³-hybridized carbons (Fsp3) is 0.765. The van der Waals surface area contributed by atoms with Gasteiger partial charge < -0.3 is 5.11 Å². The second kappa shape index (κ2) is 22.2. The van der Waals surface area contributed by atoms with Gasteiger partial charge in [-0.2, -0.15) is 0 Å². The Hall–Kier alpha value is -1.49. The van der Waals surface area contributed by atoms with Gasteiger partial charge in [0.1, 0.15) is 5.75 Å². The van der Waals surface area contributed by atoms with E-state index in [1.54, 1.807) is 12.1 Å². The lowest BCUT2D eigenvalue weighted by atomic mass is 10.1. The summed E-state index contributed by atoms with van der Waals surface area (Å²) in [5.41, 5.74) is 0.971. The molecule has 0 bridgehead atoms. The summed E-state index contributed by atoms with van der Waals surface area (Å²) in [6.45, 7) is 7.85. The minimum Gasteiger partial charge on any atom is -0.508 e. The maximum absolute atomic E-state index is 9.69. The number of aryl methyl sites for hydroxylation is 1. The Bertz CT molecular complexity index is 835. The van der Waals surface area contributed by atoms with E-state index in [4.69, 9.17) is 10.1 Å². The molecule has 0 saturated carbocycles. The molecule has 1 N–H and O–H groups in total. The molecule has 0 aliphatic rings. The lowest BCUT2D eigenvalue weighted by molar-refractivity contribution is 0.475. The molecular formula is C34H59N3OS. The van der Waals surface area contributed by atoms with Gasteiger partial charge in [-0.05, 0) is 37.1 Å². The van der Waals surface area contributed by atoms with E-state index in [2.05, 4.69) is 25.5 Å². The molecule has 0 radical (unpaired) electrons. The summed E-state index contributed by atoms with van der Waals surface area (Å²) in [6.07, 6.45) is 28.5. The van der Waals surface area contributed by atoms with Gasteiger partial charge in [0.05, 0.1) is 0 Å². The molecule has 1 aromatic carbocycles. The summed E-state index contributed by atoms with van der Waals surface area (Å²) in [6, 6.07) is 7.27. The highest BCUT2D eigenvalue weighted by molar-refractivity contribution is 7.99. The molecule has 0 amide bonds. The number of aromatic hydroxyl groups is 1. The minimum absolute atomic E-state index is 0.281. The number of hydrogen-bond donors (Lipinski definition) is 1. The SMILES string of the molecule is CCCCCCCCCCCCCCn1nc(-c2ccc(O)cc2)nc1SC(C)CCCCCCCCCC. The summed E-state index contributed by atoms with van der Waals surface area (Å²) in [5, 5.41) is 16.2. The number of unbranched alkanes of at least 4 members (excludes halogenated alkanes) is 18. The Morgan fingerprint density at radius 1 is 0.667 bits per heavy atom. The minimum atomic E-state index is 0.281. The molecule has 2 aromatic rings. The second-order valence-electron chi connectivity index (χ2n) is 11.6. The zero-order valence-electron chi connectivity index (χ0n) is 25.6. The van der Waals surface area contributed by atoms with Gasteiger partial charge in [-0.3, -0.25) is 0 Å². The zero-order chi connectivity index (χ0) is 28.0. The number of phenolic OH excluding ortho intramolecular Hbond substituents is 1. The fourth-order valence-corrected chi connectivity index (χ4v) is 6.24. The molecule has 2 rings (SSSR count). The maximum atomic E-state index is 9.69. The number of benzene rings is 1. The number of phenols is 1. The average molecular weight is 558 g/mol. The van der Waals surface area contributed by atoms with Crippen LogP contribution in [0.2, 0.25) is 0 Å². The molecule has 222 valence electrons. The lowest BCUT2D eigenvalue weighted by Crippen LogP contribution is -2.05. The molecule has 0 saturated heterocycles. The van der Waals surface area contributed by atoms with E-state index in [9.17, 15) is 5.11 Å². The van der Waals surface area contributed by atoms with Crippen molar-refractivity contribution in [2.75, 3.05) is 0 Å². The first-order valence-corrected chi connectivity index (χ1v) is 17.4. The quantitative estimate of drug-likeness (QED) is 0.0974. The van der Waals surface area contributed by atoms with Crippen LogP contribution >= 0.6 is 11.8 Å². The van der Waals surface area contributed by atoms with Crippen molar-refractivity contribution in [1.82, 2.24) is 14.8 Å². The lowest BCUT2D eigenvalue weighted by Gasteiger charge is -2.11. The molecule has 0 fully saturated rings. The molecule has 4 nitrogen and oxygen atoms in total. The third kappa shape index (κ3) is 15.8. The normalized spacial score (nSPS) is 12.3. The summed E-state index contributed by atoms with van der Waals surface area (Å²) < 4.78 is 2.15. The van der Waals surface area contributed by atoms with E-state index in [1.807, 2.05) is 23.9 Å². The van der Waals surface area contributed by atoms with E-state index in [0.29, 0.717) is 5.25 Å². The van der Waals surface area contributed by atoms with Crippen LogP contribution in [-0.4, -0.2) is 25.1 Å². The van der Waals surface area contributed by atoms with Crippen molar-refractivity contribution in [3.05, 3.63) is 24.3 Å². The molecule has 39 heavy (non-hydrogen) atoms. The zero-order valence-corrected chi connectivity index (χ0v) is 26.5. The molecule has 1 aromatic heterocycles. The Morgan fingerprint density at radius 2 is 1.13 bits per heavy atom. The molecule has 0 aliphatic carbocycles. The van der Waals surface area contributed by atoms with Crippen LogP contribution in [0.5, 0.6) is 5.75 Å². The molecular weight excluding hydrogens is 498 g/mol. The Balaban J connectivity index is 1.74. The van der Waals surface area contributed by atoms with Crippen LogP contribution in [-0.2, 0) is 6.54 Å². The average Bonchev–Trinajstić information content (AvgIpc) is 3.33. The van der Waals surface area contributed by atoms with E-state index in [1.165, 1.54) is 128 Å². The van der Waals surface area contributed by atoms with Gasteiger partial charge in [-0.25, -0.2) is 9.67 Å². The van der Waals surface area contributed by atoms with Gasteiger partial charge in [-0.1, -0.05) is 155 Å². The molecule has 1 unspecified atom stereocenters. The number of hydrogen-bond acceptors (Lipinski definition) is 4. The van der Waals surface area contributed by atoms with Gasteiger partial charge >= 0.3 is 0 Å². The number of nitrogens with zero attached hydrogens (tertiary/aromatic N) is 3. The smallest absolute Gasteiger partial charge is 0.186 e. The Kier molecular flexibility index (Phi) is 19.2. The van der Waals surface area contributed by atoms with Crippen molar-refractivity contribution in [3.8, 4) is 17.1 Å². The number of rotatable bonds is 25. The highest BCUT2D eigenvalue weighted by atomic mass is 32.2. The van der Waals surface area contributed by atoms with Crippen LogP contribution in [0, 0.1) is 0 Å². The van der Waals surface area contributed by atoms with Gasteiger partial charge in [0.2, 0.25) is 0 Å². The van der Waals surface area contributed by atoms with E-state index in [-0.39, 0.29) is 5.75 Å². The van der Waals surface area contributed by atoms with E-state index >= 15 is 0 Å². The van der Waals surface area contributed by atoms with Crippen LogP contribution in [0.4, 0.5) is 0 Å². The molecule has 0 spiro atoms. The maximum Gasteiger partial charge on any atom is 0.186 e. The fourth-order valence-electron chi connectivity index (χ4n) is 5.20. The van der Waals surface area contributed by atoms with Crippen molar-refractivity contribution < 1.29 is 5.11 Å². The van der Waals surface area contributed by atoms with Crippen molar-refractivity contribution >= 4 is 11.8 Å². The van der Waals surface area contributed by atoms with Gasteiger partial charge in [-0.15, -0.1) is 5.10 Å². The van der Waals surface area contributed by atoms with Crippen molar-refractivity contribution in [3.63, 3.8) is 0 Å². The Morgan fingerprint density at radius 3 is 1.64 bits per heavy atom. The van der Waals surface area contributed by atoms with Crippen LogP contribution in [0.15, 0.2) is 29.4 Å². The van der Waals surface area contributed by atoms with E-state index in [0.717, 1.165) is 29.5 Å². The molecule has 5 heteroatoms. The van der Waals surface area contributed by atoms with Crippen molar-refractivity contribution in [2.24, 2.45) is 0 Å². The first-order chi connectivity index (χ1) is 19.1. The first kappa shape index (κ1) is 33.7. The predicted octanol–water partition coefficient (Wildman–Crippen LogP) is 11.4. The summed E-state index contributed by atoms with van der Waals surface area (Å²) in [7, 11) is 0. The third-order valence-corrected chi connectivity index (χ3v) is 8.91. The summed E-state index contributed by atoms with van der Waals surface area (Å²) in [5.74, 6) is 1.05. The van der Waals surface area contributed by atoms with Crippen LogP contribution in [0.3, 0.4) is 0 Å². The Labute approximate surface area is 245 Å². The summed E-state index contributed by atoms with van der Waals surface area (Å²) in [4.78, 5) is 4.94.